The zero-order chi connectivity index (χ0) is 20.5. The summed E-state index contributed by atoms with van der Waals surface area (Å²) in [4.78, 5) is 35.4. The Morgan fingerprint density at radius 3 is 1.89 bits per heavy atom. The molecule has 10 nitrogen and oxygen atoms in total. The Hall–Kier alpha value is -1.85. The molecule has 10 heteroatoms. The van der Waals surface area contributed by atoms with Gasteiger partial charge in [-0.2, -0.15) is 0 Å². The van der Waals surface area contributed by atoms with Gasteiger partial charge < -0.3 is 29.4 Å². The molecule has 0 radical (unpaired) electrons. The van der Waals surface area contributed by atoms with Crippen molar-refractivity contribution in [2.24, 2.45) is 0 Å². The minimum atomic E-state index is -0.382. The largest absolute Gasteiger partial charge is 0.394 e. The molecule has 160 valence electrons. The lowest BCUT2D eigenvalue weighted by atomic mass is 10.3. The lowest BCUT2D eigenvalue weighted by Crippen LogP contribution is -2.35. The summed E-state index contributed by atoms with van der Waals surface area (Å²) in [5, 5.41) is 11.2. The molecule has 0 unspecified atom stereocenters. The van der Waals surface area contributed by atoms with E-state index in [1.165, 1.54) is 12.2 Å². The van der Waals surface area contributed by atoms with Gasteiger partial charge in [-0.15, -0.1) is 0 Å². The molecule has 28 heavy (non-hydrogen) atoms. The summed E-state index contributed by atoms with van der Waals surface area (Å²) in [5.74, 6) is -0.975. The molecule has 1 aliphatic rings. The number of nitrogens with one attached hydrogen (secondary N) is 1. The van der Waals surface area contributed by atoms with Crippen LogP contribution in [-0.4, -0.2) is 100 Å². The van der Waals surface area contributed by atoms with Gasteiger partial charge in [-0.05, 0) is 6.42 Å². The summed E-state index contributed by atoms with van der Waals surface area (Å²) in [6.07, 6.45) is 3.14. The van der Waals surface area contributed by atoms with Gasteiger partial charge in [0.05, 0.1) is 52.9 Å². The van der Waals surface area contributed by atoms with Gasteiger partial charge in [-0.1, -0.05) is 0 Å². The number of nitrogens with zero attached hydrogens (tertiary/aromatic N) is 1. The van der Waals surface area contributed by atoms with Crippen molar-refractivity contribution in [2.75, 3.05) is 72.6 Å². The third-order valence-electron chi connectivity index (χ3n) is 3.60. The molecule has 0 aromatic carbocycles. The maximum absolute atomic E-state index is 11.7. The first-order valence-corrected chi connectivity index (χ1v) is 9.37. The van der Waals surface area contributed by atoms with Crippen molar-refractivity contribution in [3.63, 3.8) is 0 Å². The molecule has 2 N–H and O–H groups in total. The number of aliphatic hydroxyl groups is 1. The predicted molar refractivity (Wildman–Crippen MR) is 98.5 cm³/mol. The first-order chi connectivity index (χ1) is 13.6. The normalized spacial score (nSPS) is 13.5. The summed E-state index contributed by atoms with van der Waals surface area (Å²) in [5.41, 5.74) is 0. The molecule has 0 saturated carbocycles. The summed E-state index contributed by atoms with van der Waals surface area (Å²) in [6, 6.07) is 0. The van der Waals surface area contributed by atoms with Gasteiger partial charge in [0.25, 0.3) is 11.8 Å². The number of carbonyl (C=O) groups excluding carboxylic acids is 3. The van der Waals surface area contributed by atoms with Crippen molar-refractivity contribution >= 4 is 17.7 Å². The van der Waals surface area contributed by atoms with Crippen molar-refractivity contribution in [3.05, 3.63) is 12.2 Å². The van der Waals surface area contributed by atoms with E-state index in [1.54, 1.807) is 0 Å². The maximum atomic E-state index is 11.7. The minimum Gasteiger partial charge on any atom is -0.394 e. The molecule has 1 aliphatic heterocycles. The van der Waals surface area contributed by atoms with Crippen LogP contribution in [0.15, 0.2) is 12.2 Å². The van der Waals surface area contributed by atoms with Gasteiger partial charge in [-0.25, -0.2) is 0 Å². The van der Waals surface area contributed by atoms with Crippen LogP contribution in [0, 0.1) is 0 Å². The highest BCUT2D eigenvalue weighted by Gasteiger charge is 2.23. The van der Waals surface area contributed by atoms with Crippen LogP contribution in [0.25, 0.3) is 0 Å². The van der Waals surface area contributed by atoms with Crippen molar-refractivity contribution in [1.82, 2.24) is 10.2 Å². The van der Waals surface area contributed by atoms with Gasteiger partial charge in [0, 0.05) is 38.3 Å². The highest BCUT2D eigenvalue weighted by molar-refractivity contribution is 6.13. The van der Waals surface area contributed by atoms with Crippen LogP contribution in [0.3, 0.4) is 0 Å². The smallest absolute Gasteiger partial charge is 0.253 e. The lowest BCUT2D eigenvalue weighted by molar-refractivity contribution is -0.137. The minimum absolute atomic E-state index is 0.0104. The molecule has 0 saturated heterocycles. The van der Waals surface area contributed by atoms with E-state index >= 15 is 0 Å². The predicted octanol–water partition coefficient (Wildman–Crippen LogP) is -1.13. The molecule has 1 heterocycles. The number of aliphatic hydroxyl groups excluding tert-OH is 1. The van der Waals surface area contributed by atoms with Crippen LogP contribution in [-0.2, 0) is 33.3 Å². The lowest BCUT2D eigenvalue weighted by Gasteiger charge is -2.13. The fraction of sp³-hybridized carbons (Fsp3) is 0.722. The third-order valence-corrected chi connectivity index (χ3v) is 3.60. The number of rotatable bonds is 18. The Bertz CT molecular complexity index is 480. The molecule has 0 aromatic rings. The number of amides is 3. The van der Waals surface area contributed by atoms with Crippen molar-refractivity contribution in [2.45, 2.75) is 12.8 Å². The fourth-order valence-corrected chi connectivity index (χ4v) is 2.18. The van der Waals surface area contributed by atoms with E-state index in [9.17, 15) is 14.4 Å². The molecule has 0 fully saturated rings. The molecule has 0 spiro atoms. The summed E-state index contributed by atoms with van der Waals surface area (Å²) < 4.78 is 21.0. The van der Waals surface area contributed by atoms with Crippen molar-refractivity contribution in [1.29, 1.82) is 0 Å². The molecule has 0 aliphatic carbocycles. The van der Waals surface area contributed by atoms with Crippen LogP contribution >= 0.6 is 0 Å². The van der Waals surface area contributed by atoms with Gasteiger partial charge in [-0.3, -0.25) is 19.3 Å². The van der Waals surface area contributed by atoms with Gasteiger partial charge >= 0.3 is 0 Å². The highest BCUT2D eigenvalue weighted by Crippen LogP contribution is 2.03. The first-order valence-electron chi connectivity index (χ1n) is 9.37. The highest BCUT2D eigenvalue weighted by atomic mass is 16.6. The van der Waals surface area contributed by atoms with E-state index < -0.39 is 0 Å². The first kappa shape index (κ1) is 24.2. The van der Waals surface area contributed by atoms with Crippen LogP contribution in [0.5, 0.6) is 0 Å². The number of imide groups is 1. The number of ether oxygens (including phenoxy) is 4. The van der Waals surface area contributed by atoms with E-state index in [0.717, 1.165) is 4.90 Å². The molecule has 0 aromatic heterocycles. The average molecular weight is 402 g/mol. The number of carbonyl (C=O) groups is 3. The average Bonchev–Trinajstić information content (AvgIpc) is 3.01. The topological polar surface area (TPSA) is 124 Å². The maximum Gasteiger partial charge on any atom is 0.253 e. The third kappa shape index (κ3) is 11.8. The summed E-state index contributed by atoms with van der Waals surface area (Å²) in [6.45, 7) is 4.15. The van der Waals surface area contributed by atoms with E-state index in [2.05, 4.69) is 5.32 Å². The second kappa shape index (κ2) is 16.1. The fourth-order valence-electron chi connectivity index (χ4n) is 2.18. The van der Waals surface area contributed by atoms with Crippen LogP contribution < -0.4 is 5.32 Å². The van der Waals surface area contributed by atoms with Crippen LogP contribution in [0.2, 0.25) is 0 Å². The molecule has 0 atom stereocenters. The second-order valence-electron chi connectivity index (χ2n) is 5.79. The SMILES string of the molecule is O=C(CCN1C(=O)C=CC1=O)NCCCOCCOCCOCCOCCO. The van der Waals surface area contributed by atoms with Crippen LogP contribution in [0.4, 0.5) is 0 Å². The Labute approximate surface area is 164 Å². The van der Waals surface area contributed by atoms with E-state index in [1.807, 2.05) is 0 Å². The molecular formula is C18H30N2O8. The van der Waals surface area contributed by atoms with E-state index in [0.29, 0.717) is 65.8 Å². The quantitative estimate of drug-likeness (QED) is 0.218. The Morgan fingerprint density at radius 1 is 0.857 bits per heavy atom. The standard InChI is InChI=1S/C18H30N2O8/c21-7-9-26-11-13-28-15-14-27-12-10-25-8-1-5-19-16(22)4-6-20-17(23)2-3-18(20)24/h2-3,21H,1,4-15H2,(H,19,22). The van der Waals surface area contributed by atoms with Gasteiger partial charge in [0.1, 0.15) is 0 Å². The number of hydrogen-bond donors (Lipinski definition) is 2. The monoisotopic (exact) mass is 402 g/mol. The zero-order valence-corrected chi connectivity index (χ0v) is 16.1. The molecule has 1 rings (SSSR count). The molecule has 0 bridgehead atoms. The molecular weight excluding hydrogens is 372 g/mol. The van der Waals surface area contributed by atoms with Crippen molar-refractivity contribution in [3.8, 4) is 0 Å². The van der Waals surface area contributed by atoms with E-state index in [-0.39, 0.29) is 37.3 Å². The summed E-state index contributed by atoms with van der Waals surface area (Å²) >= 11 is 0. The molecule has 3 amide bonds. The zero-order valence-electron chi connectivity index (χ0n) is 16.1. The Kier molecular flexibility index (Phi) is 13.9. The second-order valence-corrected chi connectivity index (χ2v) is 5.79. The van der Waals surface area contributed by atoms with Gasteiger partial charge in [0.15, 0.2) is 0 Å². The summed E-state index contributed by atoms with van der Waals surface area (Å²) in [7, 11) is 0. The van der Waals surface area contributed by atoms with Crippen LogP contribution in [0.1, 0.15) is 12.8 Å². The Balaban J connectivity index is 1.80. The van der Waals surface area contributed by atoms with Crippen molar-refractivity contribution < 1.29 is 38.4 Å². The Morgan fingerprint density at radius 2 is 1.36 bits per heavy atom. The van der Waals surface area contributed by atoms with Gasteiger partial charge in [0.2, 0.25) is 5.91 Å². The van der Waals surface area contributed by atoms with E-state index in [4.69, 9.17) is 24.1 Å². The number of hydrogen-bond acceptors (Lipinski definition) is 8.